The lowest BCUT2D eigenvalue weighted by molar-refractivity contribution is -0.295. The number of cyclic esters (lactones) is 1. The molecule has 3 rings (SSSR count). The highest BCUT2D eigenvalue weighted by atomic mass is 19.1. The molecule has 3 aliphatic rings. The second-order valence-corrected chi connectivity index (χ2v) is 14.6. The van der Waals surface area contributed by atoms with Crippen LogP contribution in [-0.4, -0.2) is 132 Å². The van der Waals surface area contributed by atoms with E-state index in [1.807, 2.05) is 25.9 Å². The molecule has 0 aromatic rings. The number of ketones is 2. The van der Waals surface area contributed by atoms with Crippen LogP contribution in [0.4, 0.5) is 9.18 Å². The first-order valence-electron chi connectivity index (χ1n) is 17.2. The highest BCUT2D eigenvalue weighted by molar-refractivity contribution is 6.07. The number of Topliss-reactive ketones (excluding diaryl/α,β-unsaturated/α-hetero) is 2. The summed E-state index contributed by atoms with van der Waals surface area (Å²) in [6, 6.07) is -1.20. The summed E-state index contributed by atoms with van der Waals surface area (Å²) >= 11 is 0. The van der Waals surface area contributed by atoms with E-state index in [0.717, 1.165) is 6.92 Å². The summed E-state index contributed by atoms with van der Waals surface area (Å²) in [4.78, 5) is 58.2. The maximum atomic E-state index is 16.6. The molecule has 276 valence electrons. The van der Waals surface area contributed by atoms with Crippen molar-refractivity contribution in [2.75, 3.05) is 34.3 Å². The van der Waals surface area contributed by atoms with Gasteiger partial charge < -0.3 is 44.3 Å². The van der Waals surface area contributed by atoms with Crippen molar-refractivity contribution in [3.05, 3.63) is 0 Å². The van der Waals surface area contributed by atoms with Gasteiger partial charge in [0.2, 0.25) is 0 Å². The quantitative estimate of drug-likeness (QED) is 0.207. The molecule has 12 atom stereocenters. The van der Waals surface area contributed by atoms with Gasteiger partial charge in [0.25, 0.3) is 5.67 Å². The standard InChI is InChI=1S/C34H58FN3O10/c1-11-25-34(7)24(38(31(43)48-34)15-13-12-14-36)17-23(39)19(2)18-32(5,44-10)28(21(4)27(41)33(6,35)30(42)46-25)47-29-26(40)22(37(8)9)16-20(3)45-29/h19-22,24-26,28-29,40H,11-18,36H2,1-10H3/t19-,20-,21+,22?,24-,25-,26?,28-,29+,32-,33+,34+/m1/s1. The monoisotopic (exact) mass is 687 g/mol. The van der Waals surface area contributed by atoms with E-state index in [9.17, 15) is 24.3 Å². The molecule has 0 aliphatic carbocycles. The first-order chi connectivity index (χ1) is 22.3. The van der Waals surface area contributed by atoms with Gasteiger partial charge in [0, 0.05) is 38.0 Å². The minimum Gasteiger partial charge on any atom is -0.455 e. The molecule has 3 heterocycles. The molecule has 2 unspecified atom stereocenters. The summed E-state index contributed by atoms with van der Waals surface area (Å²) in [6.07, 6.45) is -4.13. The van der Waals surface area contributed by atoms with Crippen molar-refractivity contribution in [1.82, 2.24) is 9.80 Å². The molecule has 14 heteroatoms. The number of aliphatic hydroxyl groups excluding tert-OH is 1. The summed E-state index contributed by atoms with van der Waals surface area (Å²) < 4.78 is 46.5. The zero-order valence-electron chi connectivity index (χ0n) is 30.3. The van der Waals surface area contributed by atoms with Crippen molar-refractivity contribution < 1.29 is 52.4 Å². The van der Waals surface area contributed by atoms with Crippen LogP contribution in [0, 0.1) is 11.8 Å². The Balaban J connectivity index is 2.12. The Hall–Kier alpha value is -2.23. The van der Waals surface area contributed by atoms with Crippen LogP contribution in [0.5, 0.6) is 0 Å². The van der Waals surface area contributed by atoms with Crippen LogP contribution in [0.3, 0.4) is 0 Å². The van der Waals surface area contributed by atoms with Crippen LogP contribution >= 0.6 is 0 Å². The number of carbonyl (C=O) groups excluding carboxylic acids is 4. The molecule has 3 fully saturated rings. The fourth-order valence-electron chi connectivity index (χ4n) is 7.55. The number of alkyl halides is 1. The zero-order valence-corrected chi connectivity index (χ0v) is 30.3. The highest BCUT2D eigenvalue weighted by Gasteiger charge is 2.60. The Morgan fingerprint density at radius 1 is 1.10 bits per heavy atom. The van der Waals surface area contributed by atoms with Gasteiger partial charge in [-0.2, -0.15) is 0 Å². The number of rotatable bonds is 9. The Kier molecular flexibility index (Phi) is 13.2. The van der Waals surface area contributed by atoms with Crippen LogP contribution in [0.15, 0.2) is 0 Å². The molecule has 0 spiro atoms. The number of likely N-dealkylation sites (N-methyl/N-ethyl adjacent to an activating group) is 1. The number of esters is 1. The van der Waals surface area contributed by atoms with Crippen LogP contribution in [0.25, 0.3) is 0 Å². The SMILES string of the molecule is CC[C@H]1OC(=O)[C@@](C)(F)C(=O)[C@H](C)[C@@H](O[C@@H]2O[C@H](C)CC(N(C)C)C2O)[C@](C)(OC)C[C@@H](C)C(=O)C[C@H]2N(CCCCN)C(=O)O[C@]12C. The predicted octanol–water partition coefficient (Wildman–Crippen LogP) is 2.78. The number of halogens is 1. The zero-order chi connectivity index (χ0) is 36.4. The van der Waals surface area contributed by atoms with Gasteiger partial charge in [-0.15, -0.1) is 0 Å². The molecule has 0 saturated carbocycles. The second kappa shape index (κ2) is 15.8. The predicted molar refractivity (Wildman–Crippen MR) is 174 cm³/mol. The third-order valence-corrected chi connectivity index (χ3v) is 10.7. The Morgan fingerprint density at radius 3 is 2.31 bits per heavy atom. The first-order valence-corrected chi connectivity index (χ1v) is 17.2. The van der Waals surface area contributed by atoms with E-state index in [1.54, 1.807) is 27.7 Å². The molecule has 0 aromatic carbocycles. The molecule has 48 heavy (non-hydrogen) atoms. The molecular weight excluding hydrogens is 629 g/mol. The van der Waals surface area contributed by atoms with E-state index in [2.05, 4.69) is 0 Å². The van der Waals surface area contributed by atoms with Crippen LogP contribution in [-0.2, 0) is 38.1 Å². The number of amides is 1. The lowest BCUT2D eigenvalue weighted by Crippen LogP contribution is -2.61. The van der Waals surface area contributed by atoms with E-state index < -0.39 is 77.2 Å². The summed E-state index contributed by atoms with van der Waals surface area (Å²) in [5.74, 6) is -4.84. The molecule has 3 aliphatic heterocycles. The largest absolute Gasteiger partial charge is 0.455 e. The lowest BCUT2D eigenvalue weighted by atomic mass is 9.75. The summed E-state index contributed by atoms with van der Waals surface area (Å²) in [5, 5.41) is 11.3. The maximum Gasteiger partial charge on any atom is 0.410 e. The number of fused-ring (bicyclic) bond motifs is 1. The number of hydrogen-bond acceptors (Lipinski definition) is 12. The third kappa shape index (κ3) is 8.04. The minimum absolute atomic E-state index is 0.0240. The molecule has 13 nitrogen and oxygen atoms in total. The molecule has 0 bridgehead atoms. The van der Waals surface area contributed by atoms with Gasteiger partial charge in [0.1, 0.15) is 18.0 Å². The third-order valence-electron chi connectivity index (χ3n) is 10.7. The number of carbonyl (C=O) groups is 4. The van der Waals surface area contributed by atoms with Gasteiger partial charge in [-0.25, -0.2) is 14.0 Å². The van der Waals surface area contributed by atoms with E-state index in [-0.39, 0.29) is 43.7 Å². The average Bonchev–Trinajstić information content (AvgIpc) is 3.26. The van der Waals surface area contributed by atoms with Gasteiger partial charge in [0.05, 0.1) is 23.9 Å². The summed E-state index contributed by atoms with van der Waals surface area (Å²) in [5.41, 5.74) is -0.389. The van der Waals surface area contributed by atoms with Gasteiger partial charge in [0.15, 0.2) is 17.7 Å². The van der Waals surface area contributed by atoms with E-state index in [1.165, 1.54) is 18.9 Å². The minimum atomic E-state index is -3.14. The van der Waals surface area contributed by atoms with E-state index >= 15 is 4.39 Å². The molecule has 3 saturated heterocycles. The smallest absolute Gasteiger partial charge is 0.410 e. The van der Waals surface area contributed by atoms with Crippen molar-refractivity contribution in [2.45, 2.75) is 147 Å². The van der Waals surface area contributed by atoms with E-state index in [0.29, 0.717) is 25.8 Å². The summed E-state index contributed by atoms with van der Waals surface area (Å²) in [6.45, 7) is 11.4. The van der Waals surface area contributed by atoms with Gasteiger partial charge in [-0.05, 0) is 80.4 Å². The van der Waals surface area contributed by atoms with E-state index in [4.69, 9.17) is 29.4 Å². The molecule has 0 aromatic heterocycles. The van der Waals surface area contributed by atoms with Crippen LogP contribution < -0.4 is 5.73 Å². The number of methoxy groups -OCH3 is 1. The van der Waals surface area contributed by atoms with Crippen molar-refractivity contribution in [2.24, 2.45) is 17.6 Å². The normalized spacial score (nSPS) is 42.0. The molecular formula is C34H58FN3O10. The fourth-order valence-corrected chi connectivity index (χ4v) is 7.55. The number of aliphatic hydroxyl groups is 1. The average molecular weight is 688 g/mol. The Bertz CT molecular complexity index is 1170. The first kappa shape index (κ1) is 40.2. The topological polar surface area (TPSA) is 167 Å². The lowest BCUT2D eigenvalue weighted by Gasteiger charge is -2.47. The molecule has 3 N–H and O–H groups in total. The van der Waals surface area contributed by atoms with Crippen molar-refractivity contribution in [3.63, 3.8) is 0 Å². The second-order valence-electron chi connectivity index (χ2n) is 14.6. The number of nitrogens with two attached hydrogens (primary N) is 1. The van der Waals surface area contributed by atoms with Crippen LogP contribution in [0.1, 0.15) is 87.0 Å². The summed E-state index contributed by atoms with van der Waals surface area (Å²) in [7, 11) is 5.03. The number of ether oxygens (including phenoxy) is 5. The van der Waals surface area contributed by atoms with Crippen molar-refractivity contribution in [3.8, 4) is 0 Å². The maximum absolute atomic E-state index is 16.6. The van der Waals surface area contributed by atoms with Gasteiger partial charge in [-0.3, -0.25) is 9.59 Å². The Morgan fingerprint density at radius 2 is 1.75 bits per heavy atom. The molecule has 0 radical (unpaired) electrons. The number of hydrogen-bond donors (Lipinski definition) is 2. The highest BCUT2D eigenvalue weighted by Crippen LogP contribution is 2.42. The molecule has 1 amide bonds. The fraction of sp³-hybridized carbons (Fsp3) is 0.882. The number of nitrogens with zero attached hydrogens (tertiary/aromatic N) is 2. The van der Waals surface area contributed by atoms with Crippen molar-refractivity contribution in [1.29, 1.82) is 0 Å². The van der Waals surface area contributed by atoms with Gasteiger partial charge in [-0.1, -0.05) is 20.8 Å². The van der Waals surface area contributed by atoms with Gasteiger partial charge >= 0.3 is 12.1 Å². The van der Waals surface area contributed by atoms with Crippen LogP contribution in [0.2, 0.25) is 0 Å². The Labute approximate surface area is 284 Å². The number of unbranched alkanes of at least 4 members (excludes halogenated alkanes) is 1. The van der Waals surface area contributed by atoms with Crippen molar-refractivity contribution >= 4 is 23.6 Å².